The van der Waals surface area contributed by atoms with Gasteiger partial charge in [-0.3, -0.25) is 14.4 Å². The maximum atomic E-state index is 12.6. The van der Waals surface area contributed by atoms with Crippen LogP contribution in [0.25, 0.3) is 0 Å². The Morgan fingerprint density at radius 3 is 2.90 bits per heavy atom. The average Bonchev–Trinajstić information content (AvgIpc) is 2.70. The number of benzene rings is 1. The Hall–Kier alpha value is -2.37. The van der Waals surface area contributed by atoms with Crippen molar-refractivity contribution in [2.45, 2.75) is 25.3 Å². The van der Waals surface area contributed by atoms with E-state index < -0.39 is 6.04 Å². The fourth-order valence-electron chi connectivity index (χ4n) is 2.53. The third-order valence-electron chi connectivity index (χ3n) is 3.78. The summed E-state index contributed by atoms with van der Waals surface area (Å²) in [5, 5.41) is 2.79. The van der Waals surface area contributed by atoms with E-state index in [9.17, 15) is 14.4 Å². The van der Waals surface area contributed by atoms with E-state index in [1.165, 1.54) is 4.90 Å². The van der Waals surface area contributed by atoms with E-state index >= 15 is 0 Å². The third kappa shape index (κ3) is 3.04. The van der Waals surface area contributed by atoms with Crippen LogP contribution in [0.15, 0.2) is 18.2 Å². The summed E-state index contributed by atoms with van der Waals surface area (Å²) in [5.41, 5.74) is 6.37. The second-order valence-corrected chi connectivity index (χ2v) is 5.14. The highest BCUT2D eigenvalue weighted by Crippen LogP contribution is 2.19. The van der Waals surface area contributed by atoms with Crippen LogP contribution in [0.1, 0.15) is 40.0 Å². The first kappa shape index (κ1) is 15.0. The number of nitrogens with two attached hydrogens (primary N) is 1. The second kappa shape index (κ2) is 6.39. The molecule has 112 valence electrons. The number of hydrogen-bond acceptors (Lipinski definition) is 4. The predicted octanol–water partition coefficient (Wildman–Crippen LogP) is 0.822. The van der Waals surface area contributed by atoms with Crippen molar-refractivity contribution in [2.75, 3.05) is 19.3 Å². The molecule has 1 atom stereocenters. The molecule has 21 heavy (non-hydrogen) atoms. The van der Waals surface area contributed by atoms with Crippen molar-refractivity contribution >= 4 is 23.8 Å². The molecule has 0 aliphatic carbocycles. The van der Waals surface area contributed by atoms with Gasteiger partial charge in [-0.1, -0.05) is 6.07 Å². The van der Waals surface area contributed by atoms with Crippen LogP contribution in [-0.4, -0.2) is 42.6 Å². The molecule has 2 amide bonds. The Morgan fingerprint density at radius 1 is 1.43 bits per heavy atom. The molecule has 1 aliphatic rings. The first-order chi connectivity index (χ1) is 10.1. The SMILES string of the molecule is CN(C(=O)c1cccc(N)c1C=O)C1CCCCNC1=O. The van der Waals surface area contributed by atoms with E-state index in [1.54, 1.807) is 25.2 Å². The smallest absolute Gasteiger partial charge is 0.255 e. The number of carbonyl (C=O) groups is 3. The number of aldehydes is 1. The fraction of sp³-hybridized carbons (Fsp3) is 0.400. The molecule has 1 aromatic rings. The van der Waals surface area contributed by atoms with E-state index in [-0.39, 0.29) is 28.6 Å². The van der Waals surface area contributed by atoms with E-state index in [1.807, 2.05) is 0 Å². The molecule has 1 fully saturated rings. The standard InChI is InChI=1S/C15H19N3O3/c1-18(13-7-2-3-8-17-14(13)20)15(21)10-5-4-6-12(16)11(10)9-19/h4-6,9,13H,2-3,7-8,16H2,1H3,(H,17,20). The van der Waals surface area contributed by atoms with Crippen LogP contribution < -0.4 is 11.1 Å². The highest BCUT2D eigenvalue weighted by Gasteiger charge is 2.29. The van der Waals surface area contributed by atoms with Crippen LogP contribution in [0, 0.1) is 0 Å². The molecule has 2 rings (SSSR count). The zero-order chi connectivity index (χ0) is 15.4. The molecule has 0 radical (unpaired) electrons. The van der Waals surface area contributed by atoms with E-state index in [4.69, 9.17) is 5.73 Å². The number of anilines is 1. The minimum Gasteiger partial charge on any atom is -0.398 e. The second-order valence-electron chi connectivity index (χ2n) is 5.14. The van der Waals surface area contributed by atoms with Crippen molar-refractivity contribution in [1.82, 2.24) is 10.2 Å². The Morgan fingerprint density at radius 2 is 2.19 bits per heavy atom. The average molecular weight is 289 g/mol. The monoisotopic (exact) mass is 289 g/mol. The zero-order valence-corrected chi connectivity index (χ0v) is 12.0. The molecule has 6 nitrogen and oxygen atoms in total. The van der Waals surface area contributed by atoms with Crippen molar-refractivity contribution in [3.63, 3.8) is 0 Å². The van der Waals surface area contributed by atoms with E-state index in [2.05, 4.69) is 5.32 Å². The van der Waals surface area contributed by atoms with Gasteiger partial charge in [0.05, 0.1) is 5.56 Å². The lowest BCUT2D eigenvalue weighted by atomic mass is 10.0. The van der Waals surface area contributed by atoms with Gasteiger partial charge in [0.1, 0.15) is 6.04 Å². The van der Waals surface area contributed by atoms with Gasteiger partial charge in [-0.05, 0) is 31.4 Å². The van der Waals surface area contributed by atoms with Crippen molar-refractivity contribution in [3.05, 3.63) is 29.3 Å². The highest BCUT2D eigenvalue weighted by molar-refractivity contribution is 6.05. The fourth-order valence-corrected chi connectivity index (χ4v) is 2.53. The lowest BCUT2D eigenvalue weighted by molar-refractivity contribution is -0.125. The number of hydrogen-bond donors (Lipinski definition) is 2. The Bertz CT molecular complexity index is 571. The van der Waals surface area contributed by atoms with Gasteiger partial charge in [-0.15, -0.1) is 0 Å². The van der Waals surface area contributed by atoms with Gasteiger partial charge in [-0.2, -0.15) is 0 Å². The summed E-state index contributed by atoms with van der Waals surface area (Å²) in [6, 6.07) is 4.23. The van der Waals surface area contributed by atoms with Gasteiger partial charge < -0.3 is 16.0 Å². The van der Waals surface area contributed by atoms with Crippen molar-refractivity contribution < 1.29 is 14.4 Å². The summed E-state index contributed by atoms with van der Waals surface area (Å²) in [5.74, 6) is -0.522. The molecule has 0 bridgehead atoms. The van der Waals surface area contributed by atoms with E-state index in [0.717, 1.165) is 12.8 Å². The predicted molar refractivity (Wildman–Crippen MR) is 79.0 cm³/mol. The summed E-state index contributed by atoms with van der Waals surface area (Å²) in [6.45, 7) is 0.634. The molecule has 0 saturated carbocycles. The first-order valence-electron chi connectivity index (χ1n) is 6.94. The van der Waals surface area contributed by atoms with Gasteiger partial charge in [-0.25, -0.2) is 0 Å². The number of rotatable bonds is 3. The number of nitrogens with one attached hydrogen (secondary N) is 1. The lowest BCUT2D eigenvalue weighted by Gasteiger charge is -2.26. The number of likely N-dealkylation sites (N-methyl/N-ethyl adjacent to an activating group) is 1. The van der Waals surface area contributed by atoms with Crippen molar-refractivity contribution in [2.24, 2.45) is 0 Å². The molecule has 3 N–H and O–H groups in total. The van der Waals surface area contributed by atoms with Gasteiger partial charge in [0.25, 0.3) is 5.91 Å². The Balaban J connectivity index is 2.28. The Kier molecular flexibility index (Phi) is 4.57. The van der Waals surface area contributed by atoms with Crippen LogP contribution in [0.2, 0.25) is 0 Å². The molecule has 1 heterocycles. The maximum absolute atomic E-state index is 12.6. The summed E-state index contributed by atoms with van der Waals surface area (Å²) in [6.07, 6.45) is 2.97. The molecule has 1 saturated heterocycles. The number of amides is 2. The van der Waals surface area contributed by atoms with Crippen LogP contribution in [0.3, 0.4) is 0 Å². The van der Waals surface area contributed by atoms with Crippen molar-refractivity contribution in [1.29, 1.82) is 0 Å². The van der Waals surface area contributed by atoms with Crippen LogP contribution in [0.4, 0.5) is 5.69 Å². The van der Waals surface area contributed by atoms with Gasteiger partial charge in [0, 0.05) is 24.8 Å². The summed E-state index contributed by atoms with van der Waals surface area (Å²) < 4.78 is 0. The minimum atomic E-state index is -0.513. The first-order valence-corrected chi connectivity index (χ1v) is 6.94. The molecular formula is C15H19N3O3. The third-order valence-corrected chi connectivity index (χ3v) is 3.78. The van der Waals surface area contributed by atoms with Crippen molar-refractivity contribution in [3.8, 4) is 0 Å². The maximum Gasteiger partial charge on any atom is 0.255 e. The number of nitrogens with zero attached hydrogens (tertiary/aromatic N) is 1. The lowest BCUT2D eigenvalue weighted by Crippen LogP contribution is -2.46. The molecule has 1 unspecified atom stereocenters. The quantitative estimate of drug-likeness (QED) is 0.636. The van der Waals surface area contributed by atoms with Crippen LogP contribution in [0.5, 0.6) is 0 Å². The number of carbonyl (C=O) groups excluding carboxylic acids is 3. The summed E-state index contributed by atoms with van der Waals surface area (Å²) >= 11 is 0. The minimum absolute atomic E-state index is 0.153. The topological polar surface area (TPSA) is 92.5 Å². The van der Waals surface area contributed by atoms with E-state index in [0.29, 0.717) is 19.3 Å². The molecule has 1 aromatic carbocycles. The number of nitrogen functional groups attached to an aromatic ring is 1. The summed E-state index contributed by atoms with van der Waals surface area (Å²) in [4.78, 5) is 37.1. The summed E-state index contributed by atoms with van der Waals surface area (Å²) in [7, 11) is 1.58. The largest absolute Gasteiger partial charge is 0.398 e. The van der Waals surface area contributed by atoms with Gasteiger partial charge >= 0.3 is 0 Å². The van der Waals surface area contributed by atoms with Gasteiger partial charge in [0.2, 0.25) is 5.91 Å². The molecule has 6 heteroatoms. The normalized spacial score (nSPS) is 18.5. The zero-order valence-electron chi connectivity index (χ0n) is 12.0. The van der Waals surface area contributed by atoms with Crippen LogP contribution in [-0.2, 0) is 4.79 Å². The Labute approximate surface area is 123 Å². The molecule has 1 aliphatic heterocycles. The molecule has 0 aromatic heterocycles. The molecular weight excluding hydrogens is 270 g/mol. The van der Waals surface area contributed by atoms with Crippen LogP contribution >= 0.6 is 0 Å². The van der Waals surface area contributed by atoms with Gasteiger partial charge in [0.15, 0.2) is 6.29 Å². The highest BCUT2D eigenvalue weighted by atomic mass is 16.2. The molecule has 0 spiro atoms.